The van der Waals surface area contributed by atoms with Crippen LogP contribution in [-0.2, 0) is 25.4 Å². The third kappa shape index (κ3) is 3.87. The Labute approximate surface area is 207 Å². The van der Waals surface area contributed by atoms with Gasteiger partial charge in [0.15, 0.2) is 17.8 Å². The minimum atomic E-state index is -1.60. The van der Waals surface area contributed by atoms with Gasteiger partial charge in [-0.3, -0.25) is 4.79 Å². The van der Waals surface area contributed by atoms with E-state index in [-0.39, 0.29) is 17.6 Å². The fourth-order valence-electron chi connectivity index (χ4n) is 5.75. The molecule has 5 rings (SSSR count). The van der Waals surface area contributed by atoms with Gasteiger partial charge in [-0.25, -0.2) is 0 Å². The number of methoxy groups -OCH3 is 1. The van der Waals surface area contributed by atoms with Gasteiger partial charge in [-0.2, -0.15) is 0 Å². The van der Waals surface area contributed by atoms with E-state index in [9.17, 15) is 30.3 Å². The Morgan fingerprint density at radius 2 is 1.97 bits per heavy atom. The van der Waals surface area contributed by atoms with Gasteiger partial charge < -0.3 is 49.4 Å². The van der Waals surface area contributed by atoms with Crippen LogP contribution in [0.15, 0.2) is 36.6 Å². The highest BCUT2D eigenvalue weighted by atomic mass is 16.8. The van der Waals surface area contributed by atoms with Crippen LogP contribution in [-0.4, -0.2) is 93.6 Å². The Kier molecular flexibility index (Phi) is 6.70. The molecule has 0 aliphatic carbocycles. The molecule has 0 saturated carbocycles. The van der Waals surface area contributed by atoms with Crippen LogP contribution in [0.5, 0.6) is 11.5 Å². The third-order valence-electron chi connectivity index (χ3n) is 7.70. The van der Waals surface area contributed by atoms with Crippen molar-refractivity contribution in [3.63, 3.8) is 0 Å². The Balaban J connectivity index is 1.43. The summed E-state index contributed by atoms with van der Waals surface area (Å²) in [5.74, 6) is -0.776. The summed E-state index contributed by atoms with van der Waals surface area (Å²) >= 11 is 0. The van der Waals surface area contributed by atoms with E-state index in [0.29, 0.717) is 36.3 Å². The molecule has 9 atom stereocenters. The largest absolute Gasteiger partial charge is 0.504 e. The molecule has 4 aliphatic heterocycles. The van der Waals surface area contributed by atoms with Gasteiger partial charge in [-0.05, 0) is 24.5 Å². The molecule has 1 amide bonds. The highest BCUT2D eigenvalue weighted by molar-refractivity contribution is 5.95. The number of ether oxygens (including phenoxy) is 4. The molecule has 0 bridgehead atoms. The molecule has 4 aliphatic rings. The average molecular weight is 506 g/mol. The van der Waals surface area contributed by atoms with Gasteiger partial charge in [0.2, 0.25) is 6.29 Å². The molecule has 0 spiro atoms. The Morgan fingerprint density at radius 1 is 1.19 bits per heavy atom. The highest BCUT2D eigenvalue weighted by Crippen LogP contribution is 2.51. The number of aliphatic hydroxyl groups excluding tert-OH is 4. The molecule has 4 heterocycles. The SMILES string of the molecule is C=C[C@@H]1[C@H](O[C@@H]2O[C@H](CO)[C@@H](O)[C@H](O)[C@H]2O)OC=C2C(=O)N3CCc4ccc(OC)c(O)c4[C@H]3C[C@H]21. The minimum Gasteiger partial charge on any atom is -0.504 e. The van der Waals surface area contributed by atoms with Gasteiger partial charge >= 0.3 is 0 Å². The van der Waals surface area contributed by atoms with E-state index in [1.807, 2.05) is 6.07 Å². The van der Waals surface area contributed by atoms with Crippen molar-refractivity contribution >= 4 is 5.91 Å². The van der Waals surface area contributed by atoms with Crippen LogP contribution in [0.2, 0.25) is 0 Å². The summed E-state index contributed by atoms with van der Waals surface area (Å²) in [5.41, 5.74) is 2.07. The van der Waals surface area contributed by atoms with Crippen molar-refractivity contribution in [2.75, 3.05) is 20.3 Å². The number of amides is 1. The lowest BCUT2D eigenvalue weighted by molar-refractivity contribution is -0.339. The maximum absolute atomic E-state index is 13.5. The van der Waals surface area contributed by atoms with Crippen molar-refractivity contribution in [1.82, 2.24) is 4.90 Å². The van der Waals surface area contributed by atoms with E-state index < -0.39 is 55.6 Å². The summed E-state index contributed by atoms with van der Waals surface area (Å²) in [6, 6.07) is 3.22. The molecule has 0 unspecified atom stereocenters. The van der Waals surface area contributed by atoms with E-state index in [1.54, 1.807) is 17.0 Å². The number of nitrogens with zero attached hydrogens (tertiary/aromatic N) is 1. The molecule has 2 fully saturated rings. The van der Waals surface area contributed by atoms with E-state index >= 15 is 0 Å². The van der Waals surface area contributed by atoms with Crippen LogP contribution >= 0.6 is 0 Å². The quantitative estimate of drug-likeness (QED) is 0.337. The van der Waals surface area contributed by atoms with E-state index in [2.05, 4.69) is 6.58 Å². The van der Waals surface area contributed by atoms with E-state index in [0.717, 1.165) is 5.56 Å². The van der Waals surface area contributed by atoms with Crippen molar-refractivity contribution in [2.45, 2.75) is 55.9 Å². The smallest absolute Gasteiger partial charge is 0.253 e. The molecule has 196 valence electrons. The zero-order valence-corrected chi connectivity index (χ0v) is 19.8. The van der Waals surface area contributed by atoms with Crippen LogP contribution in [0, 0.1) is 11.8 Å². The van der Waals surface area contributed by atoms with Crippen molar-refractivity contribution in [1.29, 1.82) is 0 Å². The second-order valence-electron chi connectivity index (χ2n) is 9.52. The zero-order valence-electron chi connectivity index (χ0n) is 19.8. The number of carbonyl (C=O) groups is 1. The van der Waals surface area contributed by atoms with Crippen LogP contribution < -0.4 is 4.74 Å². The molecule has 1 aromatic carbocycles. The number of aliphatic hydroxyl groups is 4. The molecule has 1 aromatic rings. The van der Waals surface area contributed by atoms with Crippen LogP contribution in [0.4, 0.5) is 0 Å². The predicted molar refractivity (Wildman–Crippen MR) is 122 cm³/mol. The lowest BCUT2D eigenvalue weighted by Gasteiger charge is -2.48. The molecule has 5 N–H and O–H groups in total. The first-order valence-electron chi connectivity index (χ1n) is 11.9. The number of benzene rings is 1. The number of fused-ring (bicyclic) bond motifs is 4. The van der Waals surface area contributed by atoms with Gasteiger partial charge in [-0.15, -0.1) is 6.58 Å². The Hall–Kier alpha value is -2.67. The number of carbonyl (C=O) groups excluding carboxylic acids is 1. The van der Waals surface area contributed by atoms with Gasteiger partial charge in [-0.1, -0.05) is 12.1 Å². The van der Waals surface area contributed by atoms with Crippen molar-refractivity contribution in [3.8, 4) is 11.5 Å². The zero-order chi connectivity index (χ0) is 25.7. The summed E-state index contributed by atoms with van der Waals surface area (Å²) in [7, 11) is 1.47. The fraction of sp³-hybridized carbons (Fsp3) is 0.560. The maximum atomic E-state index is 13.5. The Bertz CT molecular complexity index is 1060. The van der Waals surface area contributed by atoms with Crippen LogP contribution in [0.1, 0.15) is 23.6 Å². The first kappa shape index (κ1) is 25.0. The second-order valence-corrected chi connectivity index (χ2v) is 9.52. The van der Waals surface area contributed by atoms with Crippen molar-refractivity contribution in [3.05, 3.63) is 47.7 Å². The molecule has 0 aromatic heterocycles. The normalized spacial score (nSPS) is 37.7. The summed E-state index contributed by atoms with van der Waals surface area (Å²) in [4.78, 5) is 15.2. The monoisotopic (exact) mass is 505 g/mol. The van der Waals surface area contributed by atoms with Gasteiger partial charge in [0, 0.05) is 23.9 Å². The summed E-state index contributed by atoms with van der Waals surface area (Å²) in [6.07, 6.45) is -4.27. The molecule has 0 radical (unpaired) electrons. The highest BCUT2D eigenvalue weighted by Gasteiger charge is 2.51. The number of hydrogen-bond donors (Lipinski definition) is 5. The van der Waals surface area contributed by atoms with Gasteiger partial charge in [0.05, 0.1) is 31.6 Å². The molecule has 11 heteroatoms. The molecule has 2 saturated heterocycles. The third-order valence-corrected chi connectivity index (χ3v) is 7.70. The number of rotatable bonds is 5. The minimum absolute atomic E-state index is 0.0151. The number of hydrogen-bond acceptors (Lipinski definition) is 10. The summed E-state index contributed by atoms with van der Waals surface area (Å²) < 4.78 is 22.4. The summed E-state index contributed by atoms with van der Waals surface area (Å²) in [5, 5.41) is 50.9. The fourth-order valence-corrected chi connectivity index (χ4v) is 5.75. The standard InChI is InChI=1S/C25H31NO10/c1-3-12-13-8-15-18-11(4-5-16(33-2)19(18)28)6-7-26(15)23(32)14(13)10-34-24(12)36-25-22(31)21(30)20(29)17(9-27)35-25/h3-5,10,12-13,15,17,20-22,24-25,27-31H,1,6-9H2,2H3/t12-,13-,15+,17+,20+,21-,22+,24-,25-/m0/s1. The van der Waals surface area contributed by atoms with Crippen LogP contribution in [0.25, 0.3) is 0 Å². The number of phenols is 1. The van der Waals surface area contributed by atoms with Crippen molar-refractivity contribution < 1.29 is 49.3 Å². The molecule has 36 heavy (non-hydrogen) atoms. The van der Waals surface area contributed by atoms with E-state index in [4.69, 9.17) is 18.9 Å². The van der Waals surface area contributed by atoms with Crippen molar-refractivity contribution in [2.24, 2.45) is 11.8 Å². The Morgan fingerprint density at radius 3 is 2.67 bits per heavy atom. The molecular weight excluding hydrogens is 474 g/mol. The molecule has 11 nitrogen and oxygen atoms in total. The van der Waals surface area contributed by atoms with Crippen LogP contribution in [0.3, 0.4) is 0 Å². The maximum Gasteiger partial charge on any atom is 0.253 e. The summed E-state index contributed by atoms with van der Waals surface area (Å²) in [6.45, 7) is 3.80. The lowest BCUT2D eigenvalue weighted by atomic mass is 9.73. The average Bonchev–Trinajstić information content (AvgIpc) is 2.88. The first-order valence-corrected chi connectivity index (χ1v) is 11.9. The number of phenolic OH excluding ortho intramolecular Hbond substituents is 1. The number of piperidine rings is 1. The second kappa shape index (κ2) is 9.66. The first-order chi connectivity index (χ1) is 17.3. The predicted octanol–water partition coefficient (Wildman–Crippen LogP) is -0.295. The number of aromatic hydroxyl groups is 1. The topological polar surface area (TPSA) is 158 Å². The van der Waals surface area contributed by atoms with Gasteiger partial charge in [0.25, 0.3) is 5.91 Å². The lowest BCUT2D eigenvalue weighted by Crippen LogP contribution is -2.60. The van der Waals surface area contributed by atoms with E-state index in [1.165, 1.54) is 13.4 Å². The molecular formula is C25H31NO10. The van der Waals surface area contributed by atoms with Gasteiger partial charge in [0.1, 0.15) is 24.4 Å².